The van der Waals surface area contributed by atoms with Crippen molar-refractivity contribution in [2.75, 3.05) is 17.2 Å². The lowest BCUT2D eigenvalue weighted by atomic mass is 9.88. The smallest absolute Gasteiger partial charge is 0.165 e. The number of anilines is 3. The number of hydrogen-bond donors (Lipinski definition) is 3. The fraction of sp³-hybridized carbons (Fsp3) is 0.100. The lowest BCUT2D eigenvalue weighted by Gasteiger charge is -2.19. The van der Waals surface area contributed by atoms with Gasteiger partial charge in [0, 0.05) is 11.8 Å². The van der Waals surface area contributed by atoms with E-state index in [4.69, 9.17) is 28.8 Å². The van der Waals surface area contributed by atoms with Crippen LogP contribution in [0.15, 0.2) is 24.4 Å². The number of nitriles is 2. The molecule has 28 heavy (non-hydrogen) atoms. The van der Waals surface area contributed by atoms with Gasteiger partial charge in [0.1, 0.15) is 11.9 Å². The molecule has 0 spiro atoms. The van der Waals surface area contributed by atoms with Crippen LogP contribution in [0.4, 0.5) is 17.2 Å². The van der Waals surface area contributed by atoms with Crippen molar-refractivity contribution in [3.63, 3.8) is 0 Å². The summed E-state index contributed by atoms with van der Waals surface area (Å²) < 4.78 is 0. The molecule has 1 heterocycles. The standard InChI is InChI=1S/C20H16ClN7/c1-9-5-11(7-22)6-10(2)14(9)15-12(8-23)18(25)16(19(26)17(15)21)20-27-4-3-13(24)28-20/h3-6H,25-26H2,1-2H3,(H2,24,27,28). The number of benzene rings is 2. The van der Waals surface area contributed by atoms with Gasteiger partial charge in [0.05, 0.1) is 39.2 Å². The Kier molecular flexibility index (Phi) is 4.79. The van der Waals surface area contributed by atoms with E-state index in [0.717, 1.165) is 11.1 Å². The summed E-state index contributed by atoms with van der Waals surface area (Å²) in [7, 11) is 0. The van der Waals surface area contributed by atoms with Crippen LogP contribution in [-0.4, -0.2) is 9.97 Å². The molecule has 0 aliphatic carbocycles. The first-order chi connectivity index (χ1) is 13.3. The molecule has 3 rings (SSSR count). The van der Waals surface area contributed by atoms with E-state index in [1.54, 1.807) is 12.1 Å². The zero-order valence-corrected chi connectivity index (χ0v) is 16.0. The van der Waals surface area contributed by atoms with Crippen molar-refractivity contribution in [2.45, 2.75) is 13.8 Å². The molecule has 0 amide bonds. The highest BCUT2D eigenvalue weighted by Gasteiger charge is 2.25. The van der Waals surface area contributed by atoms with Crippen LogP contribution in [0, 0.1) is 36.5 Å². The molecule has 0 fully saturated rings. The molecule has 0 bridgehead atoms. The normalized spacial score (nSPS) is 10.3. The van der Waals surface area contributed by atoms with Gasteiger partial charge in [-0.2, -0.15) is 10.5 Å². The second-order valence-electron chi connectivity index (χ2n) is 6.28. The second-order valence-corrected chi connectivity index (χ2v) is 6.66. The molecule has 0 aliphatic rings. The van der Waals surface area contributed by atoms with E-state index in [-0.39, 0.29) is 39.2 Å². The predicted octanol–water partition coefficient (Wildman–Crippen LogP) is 3.57. The molecule has 7 nitrogen and oxygen atoms in total. The molecule has 0 atom stereocenters. The van der Waals surface area contributed by atoms with Crippen LogP contribution in [-0.2, 0) is 0 Å². The Balaban J connectivity index is 2.42. The van der Waals surface area contributed by atoms with E-state index >= 15 is 0 Å². The highest BCUT2D eigenvalue weighted by Crippen LogP contribution is 2.46. The summed E-state index contributed by atoms with van der Waals surface area (Å²) in [6, 6.07) is 9.21. The Labute approximate surface area is 167 Å². The van der Waals surface area contributed by atoms with Gasteiger partial charge < -0.3 is 17.2 Å². The van der Waals surface area contributed by atoms with Gasteiger partial charge in [-0.1, -0.05) is 11.6 Å². The van der Waals surface area contributed by atoms with Gasteiger partial charge in [0.2, 0.25) is 0 Å². The maximum Gasteiger partial charge on any atom is 0.165 e. The fourth-order valence-electron chi connectivity index (χ4n) is 3.27. The minimum Gasteiger partial charge on any atom is -0.397 e. The Morgan fingerprint density at radius 1 is 0.929 bits per heavy atom. The third-order valence-corrected chi connectivity index (χ3v) is 4.83. The molecular formula is C20H16ClN7. The Bertz CT molecular complexity index is 1180. The number of nitrogens with two attached hydrogens (primary N) is 3. The quantitative estimate of drug-likeness (QED) is 0.566. The summed E-state index contributed by atoms with van der Waals surface area (Å²) in [5, 5.41) is 19.2. The van der Waals surface area contributed by atoms with Gasteiger partial charge in [-0.3, -0.25) is 0 Å². The zero-order chi connectivity index (χ0) is 20.6. The van der Waals surface area contributed by atoms with E-state index in [1.807, 2.05) is 13.8 Å². The minimum atomic E-state index is 0.119. The average Bonchev–Trinajstić information content (AvgIpc) is 2.65. The van der Waals surface area contributed by atoms with Crippen LogP contribution < -0.4 is 17.2 Å². The van der Waals surface area contributed by atoms with Crippen LogP contribution in [0.1, 0.15) is 22.3 Å². The Morgan fingerprint density at radius 2 is 1.57 bits per heavy atom. The summed E-state index contributed by atoms with van der Waals surface area (Å²) in [4.78, 5) is 8.30. The van der Waals surface area contributed by atoms with Crippen LogP contribution in [0.25, 0.3) is 22.5 Å². The Hall–Kier alpha value is -3.81. The maximum absolute atomic E-state index is 9.84. The highest BCUT2D eigenvalue weighted by molar-refractivity contribution is 6.37. The van der Waals surface area contributed by atoms with Crippen molar-refractivity contribution >= 4 is 28.8 Å². The van der Waals surface area contributed by atoms with E-state index in [9.17, 15) is 10.5 Å². The van der Waals surface area contributed by atoms with Crippen LogP contribution in [0.5, 0.6) is 0 Å². The van der Waals surface area contributed by atoms with Crippen LogP contribution in [0.3, 0.4) is 0 Å². The fourth-order valence-corrected chi connectivity index (χ4v) is 3.55. The molecule has 0 radical (unpaired) electrons. The first kappa shape index (κ1) is 19.0. The predicted molar refractivity (Wildman–Crippen MR) is 110 cm³/mol. The van der Waals surface area contributed by atoms with Gasteiger partial charge in [0.15, 0.2) is 5.82 Å². The number of nitrogen functional groups attached to an aromatic ring is 3. The first-order valence-corrected chi connectivity index (χ1v) is 8.59. The van der Waals surface area contributed by atoms with Crippen molar-refractivity contribution in [2.24, 2.45) is 0 Å². The maximum atomic E-state index is 9.84. The summed E-state index contributed by atoms with van der Waals surface area (Å²) in [5.74, 6) is 0.425. The molecule has 0 unspecified atom stereocenters. The van der Waals surface area contributed by atoms with Crippen LogP contribution in [0.2, 0.25) is 5.02 Å². The Morgan fingerprint density at radius 3 is 2.11 bits per heavy atom. The van der Waals surface area contributed by atoms with Crippen molar-refractivity contribution < 1.29 is 0 Å². The molecule has 0 saturated heterocycles. The first-order valence-electron chi connectivity index (χ1n) is 8.21. The van der Waals surface area contributed by atoms with E-state index < -0.39 is 0 Å². The summed E-state index contributed by atoms with van der Waals surface area (Å²) in [5.41, 5.74) is 22.2. The zero-order valence-electron chi connectivity index (χ0n) is 15.2. The number of aryl methyl sites for hydroxylation is 2. The number of aromatic nitrogens is 2. The van der Waals surface area contributed by atoms with E-state index in [2.05, 4.69) is 22.1 Å². The molecule has 138 valence electrons. The monoisotopic (exact) mass is 389 g/mol. The number of nitrogens with zero attached hydrogens (tertiary/aromatic N) is 4. The van der Waals surface area contributed by atoms with Gasteiger partial charge in [-0.25, -0.2) is 9.97 Å². The highest BCUT2D eigenvalue weighted by atomic mass is 35.5. The largest absolute Gasteiger partial charge is 0.397 e. The lowest BCUT2D eigenvalue weighted by Crippen LogP contribution is -2.07. The van der Waals surface area contributed by atoms with Gasteiger partial charge in [-0.15, -0.1) is 0 Å². The molecule has 1 aromatic heterocycles. The summed E-state index contributed by atoms with van der Waals surface area (Å²) in [6.45, 7) is 3.67. The lowest BCUT2D eigenvalue weighted by molar-refractivity contribution is 1.19. The van der Waals surface area contributed by atoms with Crippen molar-refractivity contribution in [3.8, 4) is 34.7 Å². The van der Waals surface area contributed by atoms with E-state index in [0.29, 0.717) is 16.7 Å². The van der Waals surface area contributed by atoms with Crippen molar-refractivity contribution in [3.05, 3.63) is 51.7 Å². The molecule has 0 aliphatic heterocycles. The van der Waals surface area contributed by atoms with Gasteiger partial charge >= 0.3 is 0 Å². The molecular weight excluding hydrogens is 374 g/mol. The molecule has 0 saturated carbocycles. The van der Waals surface area contributed by atoms with Crippen molar-refractivity contribution in [1.82, 2.24) is 9.97 Å². The van der Waals surface area contributed by atoms with Crippen molar-refractivity contribution in [1.29, 1.82) is 10.5 Å². The molecule has 3 aromatic rings. The van der Waals surface area contributed by atoms with Gasteiger partial charge in [-0.05, 0) is 48.7 Å². The SMILES string of the molecule is Cc1cc(C#N)cc(C)c1-c1c(Cl)c(N)c(-c2nccc(N)n2)c(N)c1C#N. The minimum absolute atomic E-state index is 0.119. The summed E-state index contributed by atoms with van der Waals surface area (Å²) >= 11 is 6.61. The number of hydrogen-bond acceptors (Lipinski definition) is 7. The van der Waals surface area contributed by atoms with E-state index in [1.165, 1.54) is 12.3 Å². The topological polar surface area (TPSA) is 151 Å². The second kappa shape index (κ2) is 7.07. The number of rotatable bonds is 2. The van der Waals surface area contributed by atoms with Crippen LogP contribution >= 0.6 is 11.6 Å². The summed E-state index contributed by atoms with van der Waals surface area (Å²) in [6.07, 6.45) is 1.47. The number of halogens is 1. The third kappa shape index (κ3) is 2.94. The molecule has 6 N–H and O–H groups in total. The molecule has 2 aromatic carbocycles. The molecule has 8 heteroatoms. The average molecular weight is 390 g/mol. The van der Waals surface area contributed by atoms with Gasteiger partial charge in [0.25, 0.3) is 0 Å². The third-order valence-electron chi connectivity index (χ3n) is 4.44.